The van der Waals surface area contributed by atoms with E-state index in [1.807, 2.05) is 93.7 Å². The van der Waals surface area contributed by atoms with Crippen LogP contribution in [-0.4, -0.2) is 210 Å². The van der Waals surface area contributed by atoms with Crippen molar-refractivity contribution in [3.05, 3.63) is 47.8 Å². The third kappa shape index (κ3) is 17.9. The van der Waals surface area contributed by atoms with Crippen molar-refractivity contribution in [2.45, 2.75) is 155 Å². The number of methoxy groups -OCH3 is 1. The minimum absolute atomic E-state index is 0.0223. The molecule has 3 aliphatic rings. The number of Topliss-reactive ketones (excluding diaryl/α,β-unsaturated/α-hetero) is 2. The molecule has 3 aliphatic heterocycles. The number of rotatable bonds is 30. The number of nitrogens with zero attached hydrogens (tertiary/aromatic N) is 10. The number of hydrogen-bond acceptors (Lipinski definition) is 14. The molecule has 0 aliphatic carbocycles. The molecule has 22 nitrogen and oxygen atoms in total. The number of benzene rings is 1. The van der Waals surface area contributed by atoms with Gasteiger partial charge in [0.1, 0.15) is 23.3 Å². The first kappa shape index (κ1) is 65.6. The normalized spacial score (nSPS) is 19.9. The Labute approximate surface area is 481 Å². The standard InChI is InChI=1S/C58H88N10O12S/c1-12-37(4)53(47(80-11)31-50(72)67-23-16-20-45(67)39(6)40(7)46(70)30-42(56(76)77)29-41-18-14-13-15-19-41)63(10)55(75)52(36(2)3)59-58(62(8)9)65-26-24-64(25-27-65)49(71)21-17-22-66-33-44(60-61-66)34-68-51(73)32-48(54(68)74)81-35-43(57(78)79)28-38(5)69/h13-15,18-19,33,36-37,39-40,42-43,45,47-48,52-53H,12,16-17,20-32,34-35H2,1-11H3,(H,76,77)(H,78,79)/t37-,39+,40+,42+,43-,45-,47+,48?,52-,53-/m0/s1. The van der Waals surface area contributed by atoms with Gasteiger partial charge in [0.15, 0.2) is 5.96 Å². The fourth-order valence-electron chi connectivity index (χ4n) is 11.3. The number of amides is 5. The maximum atomic E-state index is 14.8. The predicted octanol–water partition coefficient (Wildman–Crippen LogP) is 4.63. The Morgan fingerprint density at radius 1 is 0.864 bits per heavy atom. The van der Waals surface area contributed by atoms with Gasteiger partial charge in [0.25, 0.3) is 0 Å². The Kier molecular flexibility index (Phi) is 24.9. The smallest absolute Gasteiger partial charge is 0.307 e. The molecule has 3 fully saturated rings. The highest BCUT2D eigenvalue weighted by molar-refractivity contribution is 8.00. The minimum Gasteiger partial charge on any atom is -0.481 e. The summed E-state index contributed by atoms with van der Waals surface area (Å²) in [5, 5.41) is 27.0. The molecule has 10 atom stereocenters. The van der Waals surface area contributed by atoms with Gasteiger partial charge in [0.05, 0.1) is 48.4 Å². The summed E-state index contributed by atoms with van der Waals surface area (Å²) < 4.78 is 7.70. The maximum absolute atomic E-state index is 14.8. The molecule has 5 amide bonds. The Bertz CT molecular complexity index is 2540. The number of likely N-dealkylation sites (N-methyl/N-ethyl adjacent to an activating group) is 1. The molecule has 3 saturated heterocycles. The molecular formula is C58H88N10O12S. The SMILES string of the molecule is CC[C@H](C)[C@@H]([C@@H](CC(=O)N1CCC[C@H]1[C@H](C)[C@@H](C)C(=O)C[C@@H](Cc1ccccc1)C(=O)O)OC)N(C)C(=O)[C@@H](N=C(N(C)C)N1CCN(C(=O)CCCn2cc(CN3C(=O)CC(SC[C@H](CC(C)=O)C(=O)O)C3=O)nn2)CC1)C(C)C. The van der Waals surface area contributed by atoms with Crippen LogP contribution in [0.1, 0.15) is 118 Å². The highest BCUT2D eigenvalue weighted by atomic mass is 32.2. The second-order valence-electron chi connectivity index (χ2n) is 22.9. The Hall–Kier alpha value is -6.23. The number of hydrogen-bond donors (Lipinski definition) is 2. The van der Waals surface area contributed by atoms with Crippen molar-refractivity contribution < 1.29 is 58.1 Å². The van der Waals surface area contributed by atoms with E-state index in [0.29, 0.717) is 63.8 Å². The number of ketones is 2. The number of aliphatic imine (C=N–C) groups is 1. The van der Waals surface area contributed by atoms with Crippen molar-refractivity contribution >= 4 is 70.8 Å². The largest absolute Gasteiger partial charge is 0.481 e. The lowest BCUT2D eigenvalue weighted by Gasteiger charge is -2.41. The molecule has 81 heavy (non-hydrogen) atoms. The van der Waals surface area contributed by atoms with Gasteiger partial charge in [-0.3, -0.25) is 47.9 Å². The number of guanidine groups is 1. The van der Waals surface area contributed by atoms with Gasteiger partial charge >= 0.3 is 11.9 Å². The van der Waals surface area contributed by atoms with E-state index >= 15 is 0 Å². The highest BCUT2D eigenvalue weighted by Crippen LogP contribution is 2.34. The molecule has 5 rings (SSSR count). The molecular weight excluding hydrogens is 1060 g/mol. The fourth-order valence-corrected chi connectivity index (χ4v) is 12.6. The van der Waals surface area contributed by atoms with Crippen LogP contribution in [-0.2, 0) is 67.4 Å². The number of carboxylic acids is 2. The van der Waals surface area contributed by atoms with Crippen molar-refractivity contribution in [2.75, 3.05) is 66.7 Å². The molecule has 1 aromatic heterocycles. The number of aryl methyl sites for hydroxylation is 1. The Balaban J connectivity index is 1.15. The molecule has 0 bridgehead atoms. The predicted molar refractivity (Wildman–Crippen MR) is 305 cm³/mol. The molecule has 2 aromatic rings. The van der Waals surface area contributed by atoms with Crippen LogP contribution in [0.4, 0.5) is 0 Å². The van der Waals surface area contributed by atoms with Crippen LogP contribution in [0.5, 0.6) is 0 Å². The quantitative estimate of drug-likeness (QED) is 0.0613. The van der Waals surface area contributed by atoms with Gasteiger partial charge in [-0.25, -0.2) is 4.99 Å². The topological polar surface area (TPSA) is 266 Å². The first-order valence-electron chi connectivity index (χ1n) is 28.6. The Morgan fingerprint density at radius 2 is 1.52 bits per heavy atom. The van der Waals surface area contributed by atoms with E-state index in [1.54, 1.807) is 29.9 Å². The number of aliphatic carboxylic acids is 2. The number of carboxylic acid groups (broad SMARTS) is 2. The number of ether oxygens (including phenoxy) is 1. The van der Waals surface area contributed by atoms with Crippen molar-refractivity contribution in [1.82, 2.24) is 44.4 Å². The summed E-state index contributed by atoms with van der Waals surface area (Å²) in [6.07, 6.45) is 3.85. The van der Waals surface area contributed by atoms with Gasteiger partial charge in [0.2, 0.25) is 29.5 Å². The average Bonchev–Trinajstić information content (AvgIpc) is 4.23. The minimum atomic E-state index is -1.13. The monoisotopic (exact) mass is 1150 g/mol. The summed E-state index contributed by atoms with van der Waals surface area (Å²) in [6.45, 7) is 15.8. The van der Waals surface area contributed by atoms with Crippen molar-refractivity contribution in [3.8, 4) is 0 Å². The maximum Gasteiger partial charge on any atom is 0.307 e. The lowest BCUT2D eigenvalue weighted by atomic mass is 9.81. The zero-order chi connectivity index (χ0) is 59.8. The molecule has 2 N–H and O–H groups in total. The van der Waals surface area contributed by atoms with E-state index in [2.05, 4.69) is 22.1 Å². The van der Waals surface area contributed by atoms with E-state index in [-0.39, 0.29) is 104 Å². The molecule has 4 heterocycles. The lowest BCUT2D eigenvalue weighted by Crippen LogP contribution is -2.56. The highest BCUT2D eigenvalue weighted by Gasteiger charge is 2.43. The fraction of sp³-hybridized carbons (Fsp3) is 0.690. The first-order chi connectivity index (χ1) is 38.4. The molecule has 0 radical (unpaired) electrons. The van der Waals surface area contributed by atoms with Crippen LogP contribution in [0.3, 0.4) is 0 Å². The van der Waals surface area contributed by atoms with Crippen LogP contribution in [0.25, 0.3) is 0 Å². The summed E-state index contributed by atoms with van der Waals surface area (Å²) in [7, 11) is 7.08. The van der Waals surface area contributed by atoms with Crippen LogP contribution >= 0.6 is 11.8 Å². The Morgan fingerprint density at radius 3 is 2.11 bits per heavy atom. The van der Waals surface area contributed by atoms with E-state index in [0.717, 1.165) is 35.1 Å². The van der Waals surface area contributed by atoms with Crippen LogP contribution in [0.15, 0.2) is 41.5 Å². The first-order valence-corrected chi connectivity index (χ1v) is 29.6. The van der Waals surface area contributed by atoms with Crippen LogP contribution < -0.4 is 0 Å². The third-order valence-corrected chi connectivity index (χ3v) is 17.8. The van der Waals surface area contributed by atoms with Gasteiger partial charge < -0.3 is 44.2 Å². The summed E-state index contributed by atoms with van der Waals surface area (Å²) >= 11 is 1.06. The second-order valence-corrected chi connectivity index (χ2v) is 24.1. The molecule has 448 valence electrons. The number of piperazine rings is 1. The number of aromatic nitrogens is 3. The third-order valence-electron chi connectivity index (χ3n) is 16.4. The van der Waals surface area contributed by atoms with Gasteiger partial charge in [-0.2, -0.15) is 0 Å². The molecule has 0 saturated carbocycles. The van der Waals surface area contributed by atoms with E-state index in [4.69, 9.17) is 9.73 Å². The molecule has 1 aromatic carbocycles. The summed E-state index contributed by atoms with van der Waals surface area (Å²) in [4.78, 5) is 133. The number of likely N-dealkylation sites (tertiary alicyclic amines) is 2. The summed E-state index contributed by atoms with van der Waals surface area (Å²) in [5.41, 5.74) is 1.25. The molecule has 23 heteroatoms. The number of carbonyl (C=O) groups is 9. The molecule has 0 spiro atoms. The zero-order valence-corrected chi connectivity index (χ0v) is 50.2. The van der Waals surface area contributed by atoms with Gasteiger partial charge in [-0.1, -0.05) is 83.5 Å². The van der Waals surface area contributed by atoms with Crippen molar-refractivity contribution in [1.29, 1.82) is 0 Å². The van der Waals surface area contributed by atoms with Gasteiger partial charge in [-0.05, 0) is 55.9 Å². The van der Waals surface area contributed by atoms with Crippen molar-refractivity contribution in [2.24, 2.45) is 40.5 Å². The number of thioether (sulfide) groups is 1. The summed E-state index contributed by atoms with van der Waals surface area (Å²) in [5.74, 6) is -5.85. The van der Waals surface area contributed by atoms with Crippen molar-refractivity contribution in [3.63, 3.8) is 0 Å². The van der Waals surface area contributed by atoms with Gasteiger partial charge in [0, 0.05) is 111 Å². The van der Waals surface area contributed by atoms with Gasteiger partial charge in [-0.15, -0.1) is 16.9 Å². The number of carbonyl (C=O) groups excluding carboxylic acids is 7. The average molecular weight is 1150 g/mol. The summed E-state index contributed by atoms with van der Waals surface area (Å²) in [6, 6.07) is 7.81. The number of imide groups is 1. The van der Waals surface area contributed by atoms with E-state index in [9.17, 15) is 53.4 Å². The van der Waals surface area contributed by atoms with Crippen LogP contribution in [0.2, 0.25) is 0 Å². The lowest BCUT2D eigenvalue weighted by molar-refractivity contribution is -0.145. The molecule has 1 unspecified atom stereocenters. The van der Waals surface area contributed by atoms with Crippen LogP contribution in [0, 0.1) is 35.5 Å². The zero-order valence-electron chi connectivity index (χ0n) is 49.4. The van der Waals surface area contributed by atoms with E-state index < -0.39 is 64.9 Å². The van der Waals surface area contributed by atoms with E-state index in [1.165, 1.54) is 6.92 Å². The second kappa shape index (κ2) is 30.7.